The lowest BCUT2D eigenvalue weighted by Gasteiger charge is -2.19. The van der Waals surface area contributed by atoms with Gasteiger partial charge in [0.25, 0.3) is 0 Å². The van der Waals surface area contributed by atoms with Gasteiger partial charge in [-0.05, 0) is 57.2 Å². The molecule has 2 aromatic rings. The van der Waals surface area contributed by atoms with Crippen LogP contribution < -0.4 is 0 Å². The number of benzene rings is 1. The number of alkyl halides is 1. The van der Waals surface area contributed by atoms with Crippen LogP contribution in [0.4, 0.5) is 0 Å². The third kappa shape index (κ3) is 3.14. The standard InChI is InChI=1S/C14H12Br2ClN/c1-9(10-4-6-18-7-5-10)14(16)11-2-3-13(17)12(15)8-11/h2-9,14H,1H3. The van der Waals surface area contributed by atoms with Gasteiger partial charge in [0, 0.05) is 21.7 Å². The van der Waals surface area contributed by atoms with Gasteiger partial charge >= 0.3 is 0 Å². The first-order chi connectivity index (χ1) is 8.59. The van der Waals surface area contributed by atoms with Crippen molar-refractivity contribution >= 4 is 43.5 Å². The molecule has 0 bridgehead atoms. The van der Waals surface area contributed by atoms with E-state index in [4.69, 9.17) is 11.6 Å². The van der Waals surface area contributed by atoms with Gasteiger partial charge in [-0.2, -0.15) is 0 Å². The topological polar surface area (TPSA) is 12.9 Å². The van der Waals surface area contributed by atoms with Crippen LogP contribution in [0.15, 0.2) is 47.2 Å². The molecule has 1 aromatic carbocycles. The highest BCUT2D eigenvalue weighted by molar-refractivity contribution is 9.10. The molecular weight excluding hydrogens is 377 g/mol. The Kier molecular flexibility index (Phi) is 4.82. The minimum Gasteiger partial charge on any atom is -0.265 e. The largest absolute Gasteiger partial charge is 0.265 e. The molecule has 2 rings (SSSR count). The van der Waals surface area contributed by atoms with E-state index in [9.17, 15) is 0 Å². The van der Waals surface area contributed by atoms with Gasteiger partial charge in [0.15, 0.2) is 0 Å². The molecule has 0 aliphatic rings. The maximum atomic E-state index is 6.01. The van der Waals surface area contributed by atoms with Crippen molar-refractivity contribution in [2.24, 2.45) is 0 Å². The fourth-order valence-corrected chi connectivity index (χ4v) is 2.91. The van der Waals surface area contributed by atoms with Gasteiger partial charge in [-0.1, -0.05) is 40.5 Å². The average molecular weight is 390 g/mol. The van der Waals surface area contributed by atoms with Crippen LogP contribution >= 0.6 is 43.5 Å². The number of pyridine rings is 1. The summed E-state index contributed by atoms with van der Waals surface area (Å²) in [5, 5.41) is 0.731. The molecule has 1 aromatic heterocycles. The van der Waals surface area contributed by atoms with Gasteiger partial charge in [-0.3, -0.25) is 4.98 Å². The summed E-state index contributed by atoms with van der Waals surface area (Å²) >= 11 is 13.2. The molecule has 0 N–H and O–H groups in total. The van der Waals surface area contributed by atoms with Crippen molar-refractivity contribution in [2.45, 2.75) is 17.7 Å². The highest BCUT2D eigenvalue weighted by Gasteiger charge is 2.18. The van der Waals surface area contributed by atoms with E-state index in [1.165, 1.54) is 11.1 Å². The third-order valence-electron chi connectivity index (χ3n) is 2.93. The van der Waals surface area contributed by atoms with Crippen LogP contribution in [0.25, 0.3) is 0 Å². The quantitative estimate of drug-likeness (QED) is 0.610. The monoisotopic (exact) mass is 387 g/mol. The van der Waals surface area contributed by atoms with Crippen LogP contribution in [0.3, 0.4) is 0 Å². The summed E-state index contributed by atoms with van der Waals surface area (Å²) in [7, 11) is 0. The summed E-state index contributed by atoms with van der Waals surface area (Å²) in [5.74, 6) is 0.362. The molecule has 18 heavy (non-hydrogen) atoms. The van der Waals surface area contributed by atoms with E-state index in [0.29, 0.717) is 5.92 Å². The number of nitrogens with zero attached hydrogens (tertiary/aromatic N) is 1. The van der Waals surface area contributed by atoms with Crippen LogP contribution in [0, 0.1) is 0 Å². The molecule has 0 aliphatic heterocycles. The SMILES string of the molecule is CC(c1ccncc1)C(Br)c1ccc(Cl)c(Br)c1. The van der Waals surface area contributed by atoms with Crippen molar-refractivity contribution in [3.8, 4) is 0 Å². The lowest BCUT2D eigenvalue weighted by molar-refractivity contribution is 0.750. The molecule has 0 fully saturated rings. The van der Waals surface area contributed by atoms with Gasteiger partial charge in [-0.25, -0.2) is 0 Å². The van der Waals surface area contributed by atoms with Gasteiger partial charge in [-0.15, -0.1) is 0 Å². The van der Waals surface area contributed by atoms with Crippen molar-refractivity contribution < 1.29 is 0 Å². The number of halogens is 3. The summed E-state index contributed by atoms with van der Waals surface area (Å²) in [6.45, 7) is 2.19. The average Bonchev–Trinajstić information content (AvgIpc) is 2.41. The Morgan fingerprint density at radius 2 is 1.78 bits per heavy atom. The van der Waals surface area contributed by atoms with Crippen molar-refractivity contribution in [3.63, 3.8) is 0 Å². The van der Waals surface area contributed by atoms with E-state index in [1.54, 1.807) is 0 Å². The molecule has 0 aliphatic carbocycles. The van der Waals surface area contributed by atoms with Gasteiger partial charge in [0.1, 0.15) is 0 Å². The van der Waals surface area contributed by atoms with Crippen LogP contribution in [0.2, 0.25) is 5.02 Å². The number of aromatic nitrogens is 1. The number of hydrogen-bond acceptors (Lipinski definition) is 1. The predicted octanol–water partition coefficient (Wildman–Crippen LogP) is 5.74. The zero-order valence-electron chi connectivity index (χ0n) is 9.78. The number of hydrogen-bond donors (Lipinski definition) is 0. The van der Waals surface area contributed by atoms with Crippen molar-refractivity contribution in [1.82, 2.24) is 4.98 Å². The van der Waals surface area contributed by atoms with Gasteiger partial charge in [0.05, 0.1) is 5.02 Å². The summed E-state index contributed by atoms with van der Waals surface area (Å²) in [4.78, 5) is 4.29. The minimum absolute atomic E-state index is 0.244. The lowest BCUT2D eigenvalue weighted by Crippen LogP contribution is -2.02. The van der Waals surface area contributed by atoms with Gasteiger partial charge < -0.3 is 0 Å². The highest BCUT2D eigenvalue weighted by atomic mass is 79.9. The Labute approximate surface area is 129 Å². The van der Waals surface area contributed by atoms with E-state index in [0.717, 1.165) is 9.50 Å². The van der Waals surface area contributed by atoms with Gasteiger partial charge in [0.2, 0.25) is 0 Å². The first-order valence-electron chi connectivity index (χ1n) is 5.58. The van der Waals surface area contributed by atoms with Crippen LogP contribution in [0.5, 0.6) is 0 Å². The molecule has 1 heterocycles. The van der Waals surface area contributed by atoms with E-state index < -0.39 is 0 Å². The van der Waals surface area contributed by atoms with Crippen LogP contribution in [-0.4, -0.2) is 4.98 Å². The summed E-state index contributed by atoms with van der Waals surface area (Å²) < 4.78 is 0.924. The number of rotatable bonds is 3. The first-order valence-corrected chi connectivity index (χ1v) is 7.67. The Morgan fingerprint density at radius 3 is 2.39 bits per heavy atom. The van der Waals surface area contributed by atoms with E-state index in [2.05, 4.69) is 49.8 Å². The molecule has 2 atom stereocenters. The lowest BCUT2D eigenvalue weighted by atomic mass is 9.94. The smallest absolute Gasteiger partial charge is 0.0548 e. The normalized spacial score (nSPS) is 14.2. The molecule has 4 heteroatoms. The molecule has 0 saturated carbocycles. The molecule has 0 amide bonds. The van der Waals surface area contributed by atoms with Crippen molar-refractivity contribution in [1.29, 1.82) is 0 Å². The molecule has 0 spiro atoms. The zero-order valence-corrected chi connectivity index (χ0v) is 13.7. The predicted molar refractivity (Wildman–Crippen MR) is 83.5 cm³/mol. The highest BCUT2D eigenvalue weighted by Crippen LogP contribution is 2.39. The fourth-order valence-electron chi connectivity index (χ4n) is 1.81. The maximum Gasteiger partial charge on any atom is 0.0548 e. The first kappa shape index (κ1) is 14.0. The summed E-state index contributed by atoms with van der Waals surface area (Å²) in [6.07, 6.45) is 3.65. The fraction of sp³-hybridized carbons (Fsp3) is 0.214. The molecule has 0 saturated heterocycles. The molecular formula is C14H12Br2ClN. The van der Waals surface area contributed by atoms with Crippen molar-refractivity contribution in [3.05, 3.63) is 63.3 Å². The zero-order chi connectivity index (χ0) is 13.1. The van der Waals surface area contributed by atoms with E-state index in [1.807, 2.05) is 36.7 Å². The van der Waals surface area contributed by atoms with E-state index >= 15 is 0 Å². The molecule has 1 nitrogen and oxygen atoms in total. The third-order valence-corrected chi connectivity index (χ3v) is 5.47. The second kappa shape index (κ2) is 6.18. The molecule has 94 valence electrons. The van der Waals surface area contributed by atoms with Crippen LogP contribution in [0.1, 0.15) is 28.8 Å². The molecule has 2 unspecified atom stereocenters. The minimum atomic E-state index is 0.244. The summed E-state index contributed by atoms with van der Waals surface area (Å²) in [5.41, 5.74) is 2.47. The van der Waals surface area contributed by atoms with Crippen molar-refractivity contribution in [2.75, 3.05) is 0 Å². The second-order valence-corrected chi connectivity index (χ2v) is 6.39. The maximum absolute atomic E-state index is 6.01. The Bertz CT molecular complexity index is 531. The molecule has 0 radical (unpaired) electrons. The Hall–Kier alpha value is -0.380. The summed E-state index contributed by atoms with van der Waals surface area (Å²) in [6, 6.07) is 10.1. The van der Waals surface area contributed by atoms with Crippen LogP contribution in [-0.2, 0) is 0 Å². The second-order valence-electron chi connectivity index (χ2n) is 4.14. The Morgan fingerprint density at radius 1 is 1.11 bits per heavy atom. The van der Waals surface area contributed by atoms with E-state index in [-0.39, 0.29) is 4.83 Å². The Balaban J connectivity index is 2.25.